The molecule has 0 aromatic rings. The van der Waals surface area contributed by atoms with Gasteiger partial charge < -0.3 is 5.11 Å². The zero-order chi connectivity index (χ0) is 18.7. The van der Waals surface area contributed by atoms with Crippen molar-refractivity contribution in [2.75, 3.05) is 5.75 Å². The molecular formula is C12H22Cl5O4PS. The molecule has 1 rings (SSSR count). The Labute approximate surface area is 161 Å². The van der Waals surface area contributed by atoms with E-state index >= 15 is 0 Å². The molecule has 11 heteroatoms. The third-order valence-electron chi connectivity index (χ3n) is 3.58. The molecule has 140 valence electrons. The van der Waals surface area contributed by atoms with Crippen molar-refractivity contribution in [3.05, 3.63) is 0 Å². The topological polar surface area (TPSA) is 71.4 Å². The molecule has 0 atom stereocenters. The molecule has 0 bridgehead atoms. The van der Waals surface area contributed by atoms with Crippen molar-refractivity contribution < 1.29 is 18.3 Å². The first-order valence-corrected chi connectivity index (χ1v) is 15.3. The summed E-state index contributed by atoms with van der Waals surface area (Å²) in [5.41, 5.74) is 0. The van der Waals surface area contributed by atoms with Crippen LogP contribution in [0.4, 0.5) is 0 Å². The van der Waals surface area contributed by atoms with Crippen LogP contribution in [-0.2, 0) is 14.6 Å². The first kappa shape index (κ1) is 24.3. The van der Waals surface area contributed by atoms with E-state index in [4.69, 9.17) is 61.3 Å². The van der Waals surface area contributed by atoms with Crippen LogP contribution in [-0.4, -0.2) is 30.0 Å². The summed E-state index contributed by atoms with van der Waals surface area (Å²) in [5, 5.41) is 8.87. The van der Waals surface area contributed by atoms with Crippen LogP contribution in [0.2, 0.25) is 0 Å². The molecule has 0 radical (unpaired) electrons. The van der Waals surface area contributed by atoms with Gasteiger partial charge in [-0.2, -0.15) is 0 Å². The second-order valence-corrected chi connectivity index (χ2v) is 26.0. The first-order valence-electron chi connectivity index (χ1n) is 6.93. The van der Waals surface area contributed by atoms with Crippen molar-refractivity contribution >= 4 is 75.4 Å². The van der Waals surface area contributed by atoms with E-state index in [-0.39, 0.29) is 17.6 Å². The van der Waals surface area contributed by atoms with Gasteiger partial charge in [0.15, 0.2) is 9.84 Å². The van der Waals surface area contributed by atoms with E-state index in [1.165, 1.54) is 0 Å². The summed E-state index contributed by atoms with van der Waals surface area (Å²) in [6.07, 6.45) is 2.65. The molecule has 0 aliphatic heterocycles. The number of rotatable bonds is 3. The van der Waals surface area contributed by atoms with Gasteiger partial charge in [0.05, 0.1) is 16.4 Å². The monoisotopic (exact) mass is 468 g/mol. The molecule has 0 aromatic heterocycles. The van der Waals surface area contributed by atoms with Crippen LogP contribution >= 0.6 is 59.6 Å². The molecule has 1 fully saturated rings. The zero-order valence-corrected chi connectivity index (χ0v) is 18.6. The molecule has 0 aromatic carbocycles. The van der Waals surface area contributed by atoms with Crippen LogP contribution in [0.3, 0.4) is 0 Å². The van der Waals surface area contributed by atoms with Gasteiger partial charge in [-0.25, -0.2) is 8.42 Å². The molecule has 1 aliphatic carbocycles. The fourth-order valence-electron chi connectivity index (χ4n) is 2.14. The Balaban J connectivity index is 0.000000688. The predicted octanol–water partition coefficient (Wildman–Crippen LogP) is 6.40. The van der Waals surface area contributed by atoms with Crippen molar-refractivity contribution in [3.8, 4) is 0 Å². The van der Waals surface area contributed by atoms with Crippen molar-refractivity contribution in [2.45, 2.75) is 51.2 Å². The first-order chi connectivity index (χ1) is 9.87. The van der Waals surface area contributed by atoms with E-state index < -0.39 is 23.9 Å². The summed E-state index contributed by atoms with van der Waals surface area (Å²) < 4.78 is 19.6. The number of hydrogen-bond acceptors (Lipinski definition) is 3. The van der Waals surface area contributed by atoms with E-state index in [2.05, 4.69) is 0 Å². The van der Waals surface area contributed by atoms with Gasteiger partial charge in [0.25, 0.3) is 0 Å². The average Bonchev–Trinajstić information content (AvgIpc) is 2.23. The Morgan fingerprint density at radius 1 is 1.04 bits per heavy atom. The maximum atomic E-state index is 12.0. The fraction of sp³-hybridized carbons (Fsp3) is 0.917. The summed E-state index contributed by atoms with van der Waals surface area (Å²) in [7, 11) is -3.08. The van der Waals surface area contributed by atoms with Gasteiger partial charge in [0, 0.05) is 0 Å². The second kappa shape index (κ2) is 8.33. The molecule has 23 heavy (non-hydrogen) atoms. The molecule has 4 nitrogen and oxygen atoms in total. The summed E-state index contributed by atoms with van der Waals surface area (Å²) in [4.78, 5) is 10.8. The number of hydrogen-bond donors (Lipinski definition) is 1. The van der Waals surface area contributed by atoms with Crippen molar-refractivity contribution in [1.29, 1.82) is 0 Å². The summed E-state index contributed by atoms with van der Waals surface area (Å²) >= 11 is 24.9. The van der Waals surface area contributed by atoms with E-state index in [1.807, 2.05) is 0 Å². The molecule has 1 saturated carbocycles. The van der Waals surface area contributed by atoms with E-state index in [1.54, 1.807) is 20.8 Å². The van der Waals surface area contributed by atoms with E-state index in [9.17, 15) is 13.2 Å². The van der Waals surface area contributed by atoms with Gasteiger partial charge >= 0.3 is 65.5 Å². The number of carboxylic acids is 1. The molecule has 0 unspecified atom stereocenters. The Kier molecular flexibility index (Phi) is 8.80. The van der Waals surface area contributed by atoms with Crippen molar-refractivity contribution in [2.24, 2.45) is 11.8 Å². The third kappa shape index (κ3) is 12.3. The van der Waals surface area contributed by atoms with Crippen molar-refractivity contribution in [3.63, 3.8) is 0 Å². The van der Waals surface area contributed by atoms with Crippen molar-refractivity contribution in [1.82, 2.24) is 0 Å². The molecule has 0 saturated heterocycles. The SMILES string of the molecule is CC(C)(C)S(=O)(=O)CC1CCC(C(=O)O)CC1.ClP(Cl)(Cl)(Cl)Cl. The fourth-order valence-corrected chi connectivity index (χ4v) is 3.59. The van der Waals surface area contributed by atoms with Crippen LogP contribution < -0.4 is 0 Å². The standard InChI is InChI=1S/C12H22O4S.Cl5P/c1-12(2,3)17(15,16)8-9-4-6-10(7-5-9)11(13)14;1-6(2,3,4)5/h9-10H,4-8H2,1-3H3,(H,13,14);. The van der Waals surface area contributed by atoms with Gasteiger partial charge in [-0.1, -0.05) is 0 Å². The van der Waals surface area contributed by atoms with E-state index in [0.717, 1.165) is 0 Å². The normalized spacial score (nSPS) is 24.8. The number of carbonyl (C=O) groups is 1. The molecule has 0 spiro atoms. The third-order valence-corrected chi connectivity index (χ3v) is 6.36. The van der Waals surface area contributed by atoms with Crippen LogP contribution in [0.15, 0.2) is 0 Å². The Morgan fingerprint density at radius 3 is 1.65 bits per heavy atom. The van der Waals surface area contributed by atoms with Gasteiger partial charge in [0.1, 0.15) is 0 Å². The molecule has 1 aliphatic rings. The predicted molar refractivity (Wildman–Crippen MR) is 103 cm³/mol. The van der Waals surface area contributed by atoms with Crippen LogP contribution in [0.1, 0.15) is 46.5 Å². The molecule has 0 amide bonds. The van der Waals surface area contributed by atoms with Gasteiger partial charge in [-0.3, -0.25) is 4.79 Å². The van der Waals surface area contributed by atoms with Gasteiger partial charge in [-0.05, 0) is 52.4 Å². The Hall–Kier alpha value is 1.30. The quantitative estimate of drug-likeness (QED) is 0.485. The minimum absolute atomic E-state index is 0.134. The number of sulfone groups is 1. The summed E-state index contributed by atoms with van der Waals surface area (Å²) in [6, 6.07) is 0. The zero-order valence-electron chi connectivity index (χ0n) is 13.1. The van der Waals surface area contributed by atoms with Crippen LogP contribution in [0, 0.1) is 11.8 Å². The van der Waals surface area contributed by atoms with Crippen LogP contribution in [0.25, 0.3) is 0 Å². The Bertz CT molecular complexity index is 497. The van der Waals surface area contributed by atoms with Gasteiger partial charge in [0.2, 0.25) is 0 Å². The maximum absolute atomic E-state index is 12.0. The summed E-state index contributed by atoms with van der Waals surface area (Å²) in [5.74, 6) is -0.691. The average molecular weight is 471 g/mol. The minimum atomic E-state index is -3.69. The molecular weight excluding hydrogens is 448 g/mol. The van der Waals surface area contributed by atoms with E-state index in [0.29, 0.717) is 25.7 Å². The Morgan fingerprint density at radius 2 is 1.39 bits per heavy atom. The molecule has 1 N–H and O–H groups in total. The second-order valence-electron chi connectivity index (χ2n) is 6.59. The van der Waals surface area contributed by atoms with Crippen LogP contribution in [0.5, 0.6) is 0 Å². The number of carboxylic acid groups (broad SMARTS) is 1. The molecule has 0 heterocycles. The number of aliphatic carboxylic acids is 1. The number of halogens is 5. The summed E-state index contributed by atoms with van der Waals surface area (Å²) in [6.45, 7) is 5.14. The van der Waals surface area contributed by atoms with Gasteiger partial charge in [-0.15, -0.1) is 0 Å².